The number of ether oxygens (including phenoxy) is 3. The summed E-state index contributed by atoms with van der Waals surface area (Å²) >= 11 is 6.09. The maximum atomic E-state index is 12.6. The van der Waals surface area contributed by atoms with Crippen LogP contribution in [0.1, 0.15) is 17.3 Å². The minimum absolute atomic E-state index is 0.0365. The Balaban J connectivity index is 1.85. The van der Waals surface area contributed by atoms with Crippen molar-refractivity contribution in [3.63, 3.8) is 0 Å². The van der Waals surface area contributed by atoms with Crippen molar-refractivity contribution in [2.45, 2.75) is 6.92 Å². The summed E-state index contributed by atoms with van der Waals surface area (Å²) in [5.74, 6) is -0.583. The van der Waals surface area contributed by atoms with Gasteiger partial charge < -0.3 is 19.5 Å². The highest BCUT2D eigenvalue weighted by molar-refractivity contribution is 7.92. The maximum Gasteiger partial charge on any atom is 0.337 e. The number of sulfonamides is 1. The number of benzene rings is 2. The van der Waals surface area contributed by atoms with E-state index >= 15 is 0 Å². The van der Waals surface area contributed by atoms with E-state index in [0.29, 0.717) is 11.5 Å². The van der Waals surface area contributed by atoms with E-state index in [2.05, 4.69) is 10.1 Å². The minimum Gasteiger partial charge on any atom is -0.465 e. The number of methoxy groups -OCH3 is 1. The van der Waals surface area contributed by atoms with Crippen LogP contribution in [0.25, 0.3) is 0 Å². The number of fused-ring (bicyclic) bond motifs is 1. The molecule has 0 radical (unpaired) electrons. The van der Waals surface area contributed by atoms with E-state index in [0.717, 1.165) is 4.31 Å². The zero-order chi connectivity index (χ0) is 21.9. The maximum absolute atomic E-state index is 12.6. The lowest BCUT2D eigenvalue weighted by molar-refractivity contribution is -0.114. The van der Waals surface area contributed by atoms with E-state index in [9.17, 15) is 18.0 Å². The van der Waals surface area contributed by atoms with Crippen LogP contribution in [0.4, 0.5) is 11.4 Å². The van der Waals surface area contributed by atoms with Crippen molar-refractivity contribution < 1.29 is 32.2 Å². The number of carbonyl (C=O) groups excluding carboxylic acids is 2. The third kappa shape index (κ3) is 4.60. The highest BCUT2D eigenvalue weighted by Gasteiger charge is 2.26. The van der Waals surface area contributed by atoms with Gasteiger partial charge in [-0.3, -0.25) is 9.10 Å². The third-order valence-corrected chi connectivity index (χ3v) is 6.36. The van der Waals surface area contributed by atoms with Crippen molar-refractivity contribution >= 4 is 44.9 Å². The summed E-state index contributed by atoms with van der Waals surface area (Å²) in [4.78, 5) is 24.3. The SMILES string of the molecule is CCS(=O)(=O)N(CC(=O)Nc1cc(C(=O)OC)ccc1Cl)c1ccc2c(c1)OCO2. The molecule has 0 atom stereocenters. The smallest absolute Gasteiger partial charge is 0.337 e. The number of hydrogen-bond donors (Lipinski definition) is 1. The molecule has 0 spiro atoms. The van der Waals surface area contributed by atoms with Crippen LogP contribution in [0.3, 0.4) is 0 Å². The summed E-state index contributed by atoms with van der Waals surface area (Å²) in [6, 6.07) is 8.83. The average molecular weight is 455 g/mol. The highest BCUT2D eigenvalue weighted by atomic mass is 35.5. The topological polar surface area (TPSA) is 111 Å². The van der Waals surface area contributed by atoms with E-state index in [-0.39, 0.29) is 34.5 Å². The Morgan fingerprint density at radius 1 is 1.17 bits per heavy atom. The molecule has 0 aromatic heterocycles. The molecular formula is C19H19ClN2O7S. The summed E-state index contributed by atoms with van der Waals surface area (Å²) in [7, 11) is -2.55. The molecule has 1 heterocycles. The Morgan fingerprint density at radius 3 is 2.60 bits per heavy atom. The Bertz CT molecular complexity index is 1090. The fourth-order valence-electron chi connectivity index (χ4n) is 2.73. The van der Waals surface area contributed by atoms with Gasteiger partial charge >= 0.3 is 5.97 Å². The van der Waals surface area contributed by atoms with Crippen LogP contribution in [0, 0.1) is 0 Å². The second-order valence-corrected chi connectivity index (χ2v) is 8.77. The number of esters is 1. The van der Waals surface area contributed by atoms with Gasteiger partial charge in [0.2, 0.25) is 22.7 Å². The molecule has 9 nitrogen and oxygen atoms in total. The molecule has 2 aromatic carbocycles. The van der Waals surface area contributed by atoms with Crippen LogP contribution in [-0.4, -0.2) is 46.5 Å². The number of carbonyl (C=O) groups is 2. The zero-order valence-electron chi connectivity index (χ0n) is 16.2. The van der Waals surface area contributed by atoms with E-state index in [4.69, 9.17) is 21.1 Å². The molecule has 0 aliphatic carbocycles. The van der Waals surface area contributed by atoms with Gasteiger partial charge in [-0.25, -0.2) is 13.2 Å². The summed E-state index contributed by atoms with van der Waals surface area (Å²) in [5, 5.41) is 2.72. The van der Waals surface area contributed by atoms with Gasteiger partial charge in [0.1, 0.15) is 6.54 Å². The van der Waals surface area contributed by atoms with Gasteiger partial charge in [-0.1, -0.05) is 11.6 Å². The van der Waals surface area contributed by atoms with Crippen molar-refractivity contribution in [1.29, 1.82) is 0 Å². The average Bonchev–Trinajstić information content (AvgIpc) is 3.20. The van der Waals surface area contributed by atoms with Gasteiger partial charge in [0.15, 0.2) is 11.5 Å². The van der Waals surface area contributed by atoms with Crippen LogP contribution in [0.15, 0.2) is 36.4 Å². The van der Waals surface area contributed by atoms with Crippen molar-refractivity contribution in [3.8, 4) is 11.5 Å². The predicted molar refractivity (Wildman–Crippen MR) is 111 cm³/mol. The summed E-state index contributed by atoms with van der Waals surface area (Å²) in [6.07, 6.45) is 0. The third-order valence-electron chi connectivity index (χ3n) is 4.29. The van der Waals surface area contributed by atoms with E-state index in [1.807, 2.05) is 0 Å². The molecule has 3 rings (SSSR count). The molecule has 160 valence electrons. The molecule has 1 amide bonds. The quantitative estimate of drug-likeness (QED) is 0.640. The summed E-state index contributed by atoms with van der Waals surface area (Å²) < 4.78 is 41.4. The summed E-state index contributed by atoms with van der Waals surface area (Å²) in [5.41, 5.74) is 0.598. The van der Waals surface area contributed by atoms with Crippen molar-refractivity contribution in [2.24, 2.45) is 0 Å². The first kappa shape index (κ1) is 21.7. The molecule has 0 saturated carbocycles. The van der Waals surface area contributed by atoms with Crippen LogP contribution < -0.4 is 19.1 Å². The largest absolute Gasteiger partial charge is 0.465 e. The number of halogens is 1. The number of anilines is 2. The number of nitrogens with zero attached hydrogens (tertiary/aromatic N) is 1. The van der Waals surface area contributed by atoms with Crippen LogP contribution in [0.2, 0.25) is 5.02 Å². The lowest BCUT2D eigenvalue weighted by atomic mass is 10.2. The summed E-state index contributed by atoms with van der Waals surface area (Å²) in [6.45, 7) is 1.01. The van der Waals surface area contributed by atoms with Crippen LogP contribution in [-0.2, 0) is 19.6 Å². The predicted octanol–water partition coefficient (Wildman–Crippen LogP) is 2.65. The van der Waals surface area contributed by atoms with Crippen molar-refractivity contribution in [1.82, 2.24) is 0 Å². The number of amides is 1. The minimum atomic E-state index is -3.78. The van der Waals surface area contributed by atoms with Crippen molar-refractivity contribution in [3.05, 3.63) is 47.0 Å². The van der Waals surface area contributed by atoms with E-state index in [1.165, 1.54) is 44.4 Å². The lowest BCUT2D eigenvalue weighted by Crippen LogP contribution is -2.39. The van der Waals surface area contributed by atoms with Crippen LogP contribution in [0.5, 0.6) is 11.5 Å². The Hall–Kier alpha value is -2.98. The zero-order valence-corrected chi connectivity index (χ0v) is 17.7. The molecule has 1 aliphatic heterocycles. The first-order valence-corrected chi connectivity index (χ1v) is 10.8. The lowest BCUT2D eigenvalue weighted by Gasteiger charge is -2.23. The van der Waals surface area contributed by atoms with Gasteiger partial charge in [0.05, 0.1) is 34.8 Å². The molecule has 11 heteroatoms. The van der Waals surface area contributed by atoms with Gasteiger partial charge in [0, 0.05) is 6.07 Å². The molecule has 1 aliphatic rings. The van der Waals surface area contributed by atoms with Gasteiger partial charge in [-0.2, -0.15) is 0 Å². The fraction of sp³-hybridized carbons (Fsp3) is 0.263. The molecule has 0 saturated heterocycles. The number of hydrogen-bond acceptors (Lipinski definition) is 7. The molecule has 0 fully saturated rings. The standard InChI is InChI=1S/C19H19ClN2O7S/c1-3-30(25,26)22(13-5-7-16-17(9-13)29-11-28-16)10-18(23)21-15-8-12(19(24)27-2)4-6-14(15)20/h4-9H,3,10-11H2,1-2H3,(H,21,23). The molecule has 0 unspecified atom stereocenters. The fourth-order valence-corrected chi connectivity index (χ4v) is 3.96. The second-order valence-electron chi connectivity index (χ2n) is 6.18. The first-order chi connectivity index (χ1) is 14.2. The number of nitrogens with one attached hydrogen (secondary N) is 1. The van der Waals surface area contributed by atoms with E-state index < -0.39 is 28.4 Å². The Morgan fingerprint density at radius 2 is 1.90 bits per heavy atom. The molecule has 2 aromatic rings. The van der Waals surface area contributed by atoms with Crippen LogP contribution >= 0.6 is 11.6 Å². The van der Waals surface area contributed by atoms with Gasteiger partial charge in [-0.05, 0) is 37.3 Å². The van der Waals surface area contributed by atoms with Gasteiger partial charge in [0.25, 0.3) is 0 Å². The van der Waals surface area contributed by atoms with Crippen molar-refractivity contribution in [2.75, 3.05) is 35.8 Å². The van der Waals surface area contributed by atoms with E-state index in [1.54, 1.807) is 6.07 Å². The Kier molecular flexibility index (Phi) is 6.37. The Labute approximate surface area is 178 Å². The monoisotopic (exact) mass is 454 g/mol. The normalized spacial score (nSPS) is 12.4. The first-order valence-electron chi connectivity index (χ1n) is 8.83. The van der Waals surface area contributed by atoms with Gasteiger partial charge in [-0.15, -0.1) is 0 Å². The highest BCUT2D eigenvalue weighted by Crippen LogP contribution is 2.36. The molecule has 30 heavy (non-hydrogen) atoms. The molecule has 1 N–H and O–H groups in total. The second kappa shape index (κ2) is 8.80. The number of rotatable bonds is 7. The molecular weight excluding hydrogens is 436 g/mol. The molecule has 0 bridgehead atoms.